The van der Waals surface area contributed by atoms with E-state index in [0.717, 1.165) is 0 Å². The Kier molecular flexibility index (Phi) is 6.17. The average Bonchev–Trinajstić information content (AvgIpc) is 2.75. The van der Waals surface area contributed by atoms with E-state index in [9.17, 15) is 14.4 Å². The van der Waals surface area contributed by atoms with Crippen LogP contribution in [0.3, 0.4) is 0 Å². The Morgan fingerprint density at radius 2 is 2.05 bits per heavy atom. The zero-order chi connectivity index (χ0) is 15.1. The quantitative estimate of drug-likeness (QED) is 0.718. The van der Waals surface area contributed by atoms with Gasteiger partial charge in [0.1, 0.15) is 0 Å². The third-order valence-electron chi connectivity index (χ3n) is 2.53. The highest BCUT2D eigenvalue weighted by Gasteiger charge is 2.13. The molecule has 0 saturated heterocycles. The third kappa shape index (κ3) is 5.83. The SMILES string of the molecule is CC(=O)Nc1ccc(C(=O)NC(C)CCCC(=O)O)s1. The normalized spacial score (nSPS) is 11.7. The minimum absolute atomic E-state index is 0.0897. The first kappa shape index (κ1) is 16.2. The van der Waals surface area contributed by atoms with Crippen molar-refractivity contribution in [2.75, 3.05) is 5.32 Å². The number of hydrogen-bond donors (Lipinski definition) is 3. The summed E-state index contributed by atoms with van der Waals surface area (Å²) in [4.78, 5) is 33.7. The molecule has 0 aromatic carbocycles. The van der Waals surface area contributed by atoms with Crippen molar-refractivity contribution in [2.45, 2.75) is 39.2 Å². The highest BCUT2D eigenvalue weighted by molar-refractivity contribution is 7.18. The van der Waals surface area contributed by atoms with E-state index in [1.807, 2.05) is 6.92 Å². The standard InChI is InChI=1S/C13H18N2O4S/c1-8(4-3-5-12(17)18)14-13(19)10-6-7-11(20-10)15-9(2)16/h6-8H,3-5H2,1-2H3,(H,14,19)(H,15,16)(H,17,18). The summed E-state index contributed by atoms with van der Waals surface area (Å²) in [5.74, 6) is -1.22. The number of carboxylic acid groups (broad SMARTS) is 1. The zero-order valence-electron chi connectivity index (χ0n) is 11.4. The molecule has 1 atom stereocenters. The summed E-state index contributed by atoms with van der Waals surface area (Å²) in [5.41, 5.74) is 0. The van der Waals surface area contributed by atoms with Gasteiger partial charge in [0.05, 0.1) is 9.88 Å². The van der Waals surface area contributed by atoms with Gasteiger partial charge in [-0.2, -0.15) is 0 Å². The molecule has 1 aromatic heterocycles. The molecule has 1 unspecified atom stereocenters. The minimum Gasteiger partial charge on any atom is -0.481 e. The Morgan fingerprint density at radius 3 is 2.65 bits per heavy atom. The first-order valence-electron chi connectivity index (χ1n) is 6.28. The maximum atomic E-state index is 11.9. The van der Waals surface area contributed by atoms with E-state index < -0.39 is 5.97 Å². The third-order valence-corrected chi connectivity index (χ3v) is 3.53. The van der Waals surface area contributed by atoms with E-state index in [4.69, 9.17) is 5.11 Å². The highest BCUT2D eigenvalue weighted by Crippen LogP contribution is 2.21. The van der Waals surface area contributed by atoms with Crippen LogP contribution in [-0.4, -0.2) is 28.9 Å². The molecule has 1 rings (SSSR count). The van der Waals surface area contributed by atoms with Gasteiger partial charge in [-0.1, -0.05) is 0 Å². The van der Waals surface area contributed by atoms with Gasteiger partial charge in [-0.15, -0.1) is 11.3 Å². The van der Waals surface area contributed by atoms with Gasteiger partial charge in [0.15, 0.2) is 0 Å². The molecule has 0 saturated carbocycles. The van der Waals surface area contributed by atoms with Crippen LogP contribution in [0.2, 0.25) is 0 Å². The van der Waals surface area contributed by atoms with Gasteiger partial charge in [-0.05, 0) is 31.9 Å². The van der Waals surface area contributed by atoms with Gasteiger partial charge in [0.25, 0.3) is 5.91 Å². The van der Waals surface area contributed by atoms with Crippen LogP contribution in [0.4, 0.5) is 5.00 Å². The molecule has 1 heterocycles. The van der Waals surface area contributed by atoms with Crippen molar-refractivity contribution in [2.24, 2.45) is 0 Å². The van der Waals surface area contributed by atoms with Crippen molar-refractivity contribution in [1.29, 1.82) is 0 Å². The summed E-state index contributed by atoms with van der Waals surface area (Å²) in [6.45, 7) is 3.24. The maximum Gasteiger partial charge on any atom is 0.303 e. The predicted octanol–water partition coefficient (Wildman–Crippen LogP) is 2.08. The van der Waals surface area contributed by atoms with E-state index in [2.05, 4.69) is 10.6 Å². The lowest BCUT2D eigenvalue weighted by molar-refractivity contribution is -0.137. The Balaban J connectivity index is 2.43. The molecule has 1 aromatic rings. The van der Waals surface area contributed by atoms with E-state index in [1.54, 1.807) is 12.1 Å². The number of carbonyl (C=O) groups excluding carboxylic acids is 2. The molecule has 3 N–H and O–H groups in total. The second-order valence-electron chi connectivity index (χ2n) is 4.51. The molecule has 7 heteroatoms. The van der Waals surface area contributed by atoms with Crippen molar-refractivity contribution in [3.8, 4) is 0 Å². The Hall–Kier alpha value is -1.89. The Bertz CT molecular complexity index is 498. The molecule has 0 spiro atoms. The van der Waals surface area contributed by atoms with E-state index in [-0.39, 0.29) is 24.3 Å². The number of hydrogen-bond acceptors (Lipinski definition) is 4. The number of thiophene rings is 1. The molecule has 110 valence electrons. The average molecular weight is 298 g/mol. The van der Waals surface area contributed by atoms with Crippen LogP contribution < -0.4 is 10.6 Å². The number of amides is 2. The van der Waals surface area contributed by atoms with Gasteiger partial charge < -0.3 is 15.7 Å². The van der Waals surface area contributed by atoms with E-state index in [0.29, 0.717) is 22.7 Å². The summed E-state index contributed by atoms with van der Waals surface area (Å²) < 4.78 is 0. The van der Waals surface area contributed by atoms with Gasteiger partial charge in [0.2, 0.25) is 5.91 Å². The summed E-state index contributed by atoms with van der Waals surface area (Å²) in [7, 11) is 0. The van der Waals surface area contributed by atoms with Crippen LogP contribution in [0.1, 0.15) is 42.8 Å². The Morgan fingerprint density at radius 1 is 1.35 bits per heavy atom. The summed E-state index contributed by atoms with van der Waals surface area (Å²) >= 11 is 1.20. The number of aliphatic carboxylic acids is 1. The molecule has 2 amide bonds. The Labute approximate surface area is 121 Å². The van der Waals surface area contributed by atoms with E-state index in [1.165, 1.54) is 18.3 Å². The molecule has 0 aliphatic heterocycles. The first-order valence-corrected chi connectivity index (χ1v) is 7.10. The molecule has 0 aliphatic rings. The van der Waals surface area contributed by atoms with E-state index >= 15 is 0 Å². The first-order chi connectivity index (χ1) is 9.38. The molecule has 0 fully saturated rings. The van der Waals surface area contributed by atoms with Crippen LogP contribution in [0.15, 0.2) is 12.1 Å². The molecular formula is C13H18N2O4S. The van der Waals surface area contributed by atoms with Crippen LogP contribution in [0.5, 0.6) is 0 Å². The van der Waals surface area contributed by atoms with Crippen LogP contribution >= 0.6 is 11.3 Å². The van der Waals surface area contributed by atoms with Crippen molar-refractivity contribution in [3.05, 3.63) is 17.0 Å². The van der Waals surface area contributed by atoms with Crippen LogP contribution in [0, 0.1) is 0 Å². The second kappa shape index (κ2) is 7.64. The molecule has 6 nitrogen and oxygen atoms in total. The zero-order valence-corrected chi connectivity index (χ0v) is 12.3. The fourth-order valence-electron chi connectivity index (χ4n) is 1.63. The van der Waals surface area contributed by atoms with Gasteiger partial charge in [0, 0.05) is 19.4 Å². The topological polar surface area (TPSA) is 95.5 Å². The summed E-state index contributed by atoms with van der Waals surface area (Å²) in [6.07, 6.45) is 1.24. The monoisotopic (exact) mass is 298 g/mol. The van der Waals surface area contributed by atoms with Gasteiger partial charge in [-0.25, -0.2) is 0 Å². The second-order valence-corrected chi connectivity index (χ2v) is 5.59. The molecule has 0 aliphatic carbocycles. The van der Waals surface area contributed by atoms with Crippen LogP contribution in [0.25, 0.3) is 0 Å². The number of rotatable bonds is 7. The highest BCUT2D eigenvalue weighted by atomic mass is 32.1. The largest absolute Gasteiger partial charge is 0.481 e. The number of nitrogens with one attached hydrogen (secondary N) is 2. The smallest absolute Gasteiger partial charge is 0.303 e. The summed E-state index contributed by atoms with van der Waals surface area (Å²) in [5, 5.41) is 14.6. The predicted molar refractivity (Wildman–Crippen MR) is 77.0 cm³/mol. The van der Waals surface area contributed by atoms with Crippen molar-refractivity contribution >= 4 is 34.1 Å². The lowest BCUT2D eigenvalue weighted by atomic mass is 10.1. The lowest BCUT2D eigenvalue weighted by Crippen LogP contribution is -2.32. The van der Waals surface area contributed by atoms with Crippen molar-refractivity contribution < 1.29 is 19.5 Å². The molecule has 20 heavy (non-hydrogen) atoms. The molecule has 0 bridgehead atoms. The van der Waals surface area contributed by atoms with Crippen molar-refractivity contribution in [1.82, 2.24) is 5.32 Å². The molecule has 0 radical (unpaired) electrons. The van der Waals surface area contributed by atoms with Gasteiger partial charge >= 0.3 is 5.97 Å². The number of carboxylic acids is 1. The van der Waals surface area contributed by atoms with Gasteiger partial charge in [-0.3, -0.25) is 14.4 Å². The maximum absolute atomic E-state index is 11.9. The molecular weight excluding hydrogens is 280 g/mol. The summed E-state index contributed by atoms with van der Waals surface area (Å²) in [6, 6.07) is 3.24. The van der Waals surface area contributed by atoms with Crippen molar-refractivity contribution in [3.63, 3.8) is 0 Å². The lowest BCUT2D eigenvalue weighted by Gasteiger charge is -2.12. The fourth-order valence-corrected chi connectivity index (χ4v) is 2.48. The minimum atomic E-state index is -0.832. The fraction of sp³-hybridized carbons (Fsp3) is 0.462. The van der Waals surface area contributed by atoms with Crippen LogP contribution in [-0.2, 0) is 9.59 Å². The number of anilines is 1. The number of carbonyl (C=O) groups is 3.